The van der Waals surface area contributed by atoms with Gasteiger partial charge >= 0.3 is 0 Å². The molecule has 136 valence electrons. The van der Waals surface area contributed by atoms with Crippen molar-refractivity contribution in [2.75, 3.05) is 18.5 Å². The van der Waals surface area contributed by atoms with Crippen LogP contribution in [0.2, 0.25) is 5.15 Å². The molecule has 0 aliphatic carbocycles. The van der Waals surface area contributed by atoms with E-state index in [0.717, 1.165) is 36.1 Å². The topological polar surface area (TPSA) is 56.1 Å². The maximum absolute atomic E-state index is 8.96. The molecule has 0 amide bonds. The van der Waals surface area contributed by atoms with Crippen LogP contribution in [-0.4, -0.2) is 46.6 Å². The number of hydrogen-bond acceptors (Lipinski definition) is 5. The van der Waals surface area contributed by atoms with Crippen LogP contribution in [0.25, 0.3) is 10.9 Å². The molecule has 2 bridgehead atoms. The fourth-order valence-corrected chi connectivity index (χ4v) is 4.96. The minimum atomic E-state index is 0.443. The van der Waals surface area contributed by atoms with E-state index < -0.39 is 0 Å². The monoisotopic (exact) mass is 369 g/mol. The number of halogens is 1. The SMILES string of the molecule is CN(c1nc(Cl)cc2ncccc12)[C@@H]1C[C@H]2CCC[C@@H](C1)N2CCC#N. The van der Waals surface area contributed by atoms with E-state index in [0.29, 0.717) is 29.7 Å². The molecule has 0 spiro atoms. The molecule has 2 aromatic rings. The van der Waals surface area contributed by atoms with E-state index in [1.165, 1.54) is 19.3 Å². The Morgan fingerprint density at radius 2 is 2.12 bits per heavy atom. The summed E-state index contributed by atoms with van der Waals surface area (Å²) in [4.78, 5) is 14.0. The number of rotatable bonds is 4. The molecule has 4 heterocycles. The first kappa shape index (κ1) is 17.5. The highest BCUT2D eigenvalue weighted by Crippen LogP contribution is 2.38. The highest BCUT2D eigenvalue weighted by molar-refractivity contribution is 6.30. The van der Waals surface area contributed by atoms with E-state index in [1.54, 1.807) is 6.20 Å². The van der Waals surface area contributed by atoms with Crippen LogP contribution in [0.5, 0.6) is 0 Å². The van der Waals surface area contributed by atoms with Crippen molar-refractivity contribution in [2.24, 2.45) is 0 Å². The van der Waals surface area contributed by atoms with Gasteiger partial charge in [0.2, 0.25) is 0 Å². The van der Waals surface area contributed by atoms with Gasteiger partial charge in [0.25, 0.3) is 0 Å². The highest BCUT2D eigenvalue weighted by Gasteiger charge is 2.39. The van der Waals surface area contributed by atoms with Crippen LogP contribution in [0.1, 0.15) is 38.5 Å². The number of pyridine rings is 2. The lowest BCUT2D eigenvalue weighted by Gasteiger charge is -2.50. The molecule has 0 unspecified atom stereocenters. The van der Waals surface area contributed by atoms with Crippen LogP contribution >= 0.6 is 11.6 Å². The molecule has 3 atom stereocenters. The van der Waals surface area contributed by atoms with Crippen LogP contribution in [0.4, 0.5) is 5.82 Å². The summed E-state index contributed by atoms with van der Waals surface area (Å²) in [5.41, 5.74) is 0.890. The Bertz CT molecular complexity index is 819. The van der Waals surface area contributed by atoms with E-state index in [2.05, 4.69) is 39.0 Å². The summed E-state index contributed by atoms with van der Waals surface area (Å²) in [5, 5.41) is 10.5. The van der Waals surface area contributed by atoms with E-state index in [-0.39, 0.29) is 0 Å². The highest BCUT2D eigenvalue weighted by atomic mass is 35.5. The van der Waals surface area contributed by atoms with Crippen molar-refractivity contribution < 1.29 is 0 Å². The third-order valence-corrected chi connectivity index (χ3v) is 6.21. The molecule has 0 N–H and O–H groups in total. The average molecular weight is 370 g/mol. The molecule has 5 nitrogen and oxygen atoms in total. The molecule has 2 saturated heterocycles. The second kappa shape index (κ2) is 7.38. The maximum Gasteiger partial charge on any atom is 0.139 e. The van der Waals surface area contributed by atoms with Crippen molar-refractivity contribution in [3.8, 4) is 6.07 Å². The number of aromatic nitrogens is 2. The standard InChI is InChI=1S/C20H24ClN5/c1-25(20-17-7-3-9-23-18(17)13-19(21)24-20)16-11-14-5-2-6-15(12-16)26(14)10-4-8-22/h3,7,9,13-16H,2,4-6,10-12H2,1H3/t14-,15+,16-. The van der Waals surface area contributed by atoms with Crippen LogP contribution in [0, 0.1) is 11.3 Å². The van der Waals surface area contributed by atoms with Gasteiger partial charge in [-0.3, -0.25) is 9.88 Å². The molecule has 2 aliphatic heterocycles. The normalized spacial score (nSPS) is 25.8. The van der Waals surface area contributed by atoms with Gasteiger partial charge in [-0.2, -0.15) is 5.26 Å². The molecule has 26 heavy (non-hydrogen) atoms. The Morgan fingerprint density at radius 3 is 2.85 bits per heavy atom. The van der Waals surface area contributed by atoms with Gasteiger partial charge in [0.15, 0.2) is 0 Å². The molecule has 2 fully saturated rings. The first-order chi connectivity index (χ1) is 12.7. The number of anilines is 1. The summed E-state index contributed by atoms with van der Waals surface area (Å²) >= 11 is 6.27. The van der Waals surface area contributed by atoms with Crippen LogP contribution in [0.3, 0.4) is 0 Å². The minimum Gasteiger partial charge on any atom is -0.356 e. The molecule has 4 rings (SSSR count). The molecule has 2 aliphatic rings. The van der Waals surface area contributed by atoms with Gasteiger partial charge in [-0.25, -0.2) is 4.98 Å². The summed E-state index contributed by atoms with van der Waals surface area (Å²) in [7, 11) is 2.14. The smallest absolute Gasteiger partial charge is 0.139 e. The summed E-state index contributed by atoms with van der Waals surface area (Å²) < 4.78 is 0. The average Bonchev–Trinajstić information content (AvgIpc) is 2.64. The fourth-order valence-electron chi connectivity index (χ4n) is 4.78. The number of piperidine rings is 2. The van der Waals surface area contributed by atoms with Crippen molar-refractivity contribution in [1.29, 1.82) is 5.26 Å². The van der Waals surface area contributed by atoms with Crippen LogP contribution < -0.4 is 4.90 Å². The molecule has 0 aromatic carbocycles. The second-order valence-electron chi connectivity index (χ2n) is 7.46. The summed E-state index contributed by atoms with van der Waals surface area (Å²) in [5.74, 6) is 0.925. The first-order valence-electron chi connectivity index (χ1n) is 9.44. The van der Waals surface area contributed by atoms with Gasteiger partial charge in [-0.1, -0.05) is 18.0 Å². The van der Waals surface area contributed by atoms with E-state index in [9.17, 15) is 0 Å². The van der Waals surface area contributed by atoms with Gasteiger partial charge in [-0.05, 0) is 37.8 Å². The number of hydrogen-bond donors (Lipinski definition) is 0. The van der Waals surface area contributed by atoms with Gasteiger partial charge in [-0.15, -0.1) is 0 Å². The van der Waals surface area contributed by atoms with Crippen molar-refractivity contribution in [2.45, 2.75) is 56.7 Å². The Kier molecular flexibility index (Phi) is 4.97. The van der Waals surface area contributed by atoms with Gasteiger partial charge < -0.3 is 4.90 Å². The predicted molar refractivity (Wildman–Crippen MR) is 104 cm³/mol. The third kappa shape index (κ3) is 3.24. The summed E-state index contributed by atoms with van der Waals surface area (Å²) in [6.07, 6.45) is 8.43. The molecule has 2 aromatic heterocycles. The number of nitrogens with zero attached hydrogens (tertiary/aromatic N) is 5. The molecular weight excluding hydrogens is 346 g/mol. The Hall–Kier alpha value is -1.90. The largest absolute Gasteiger partial charge is 0.356 e. The maximum atomic E-state index is 8.96. The lowest BCUT2D eigenvalue weighted by molar-refractivity contribution is 0.0327. The molecule has 0 radical (unpaired) electrons. The zero-order valence-corrected chi connectivity index (χ0v) is 15.9. The predicted octanol–water partition coefficient (Wildman–Crippen LogP) is 4.02. The van der Waals surface area contributed by atoms with E-state index in [1.807, 2.05) is 12.1 Å². The second-order valence-corrected chi connectivity index (χ2v) is 7.85. The van der Waals surface area contributed by atoms with Gasteiger partial charge in [0, 0.05) is 55.8 Å². The van der Waals surface area contributed by atoms with Crippen molar-refractivity contribution in [1.82, 2.24) is 14.9 Å². The Balaban J connectivity index is 1.60. The molecule has 6 heteroatoms. The zero-order valence-electron chi connectivity index (χ0n) is 15.1. The minimum absolute atomic E-state index is 0.443. The van der Waals surface area contributed by atoms with Crippen molar-refractivity contribution in [3.05, 3.63) is 29.5 Å². The molecular formula is C20H24ClN5. The third-order valence-electron chi connectivity index (χ3n) is 6.01. The number of nitriles is 1. The quantitative estimate of drug-likeness (QED) is 0.762. The first-order valence-corrected chi connectivity index (χ1v) is 9.82. The van der Waals surface area contributed by atoms with Gasteiger partial charge in [0.05, 0.1) is 11.6 Å². The zero-order chi connectivity index (χ0) is 18.1. The van der Waals surface area contributed by atoms with E-state index in [4.69, 9.17) is 16.9 Å². The van der Waals surface area contributed by atoms with E-state index >= 15 is 0 Å². The van der Waals surface area contributed by atoms with Crippen LogP contribution in [0.15, 0.2) is 24.4 Å². The lowest BCUT2D eigenvalue weighted by Crippen LogP contribution is -2.56. The van der Waals surface area contributed by atoms with Crippen LogP contribution in [-0.2, 0) is 0 Å². The lowest BCUT2D eigenvalue weighted by atomic mass is 9.81. The Labute approximate surface area is 159 Å². The van der Waals surface area contributed by atoms with Crippen molar-refractivity contribution >= 4 is 28.3 Å². The summed E-state index contributed by atoms with van der Waals surface area (Å²) in [6, 6.07) is 9.75. The number of fused-ring (bicyclic) bond motifs is 3. The fraction of sp³-hybridized carbons (Fsp3) is 0.550. The summed E-state index contributed by atoms with van der Waals surface area (Å²) in [6.45, 7) is 0.907. The van der Waals surface area contributed by atoms with Crippen molar-refractivity contribution in [3.63, 3.8) is 0 Å². The van der Waals surface area contributed by atoms with Gasteiger partial charge in [0.1, 0.15) is 11.0 Å². The molecule has 0 saturated carbocycles. The Morgan fingerprint density at radius 1 is 1.35 bits per heavy atom.